The van der Waals surface area contributed by atoms with Gasteiger partial charge in [-0.2, -0.15) is 26.3 Å². The quantitative estimate of drug-likeness (QED) is 0.0108. The van der Waals surface area contributed by atoms with Gasteiger partial charge >= 0.3 is 28.1 Å². The number of alkyl halides is 5. The first-order valence-electron chi connectivity index (χ1n) is 40.3. The number of piperidine rings is 1. The van der Waals surface area contributed by atoms with Crippen molar-refractivity contribution in [2.75, 3.05) is 158 Å². The maximum atomic E-state index is 14.1. The number of esters is 2. The number of ether oxygens (including phenoxy) is 7. The number of amides is 1. The van der Waals surface area contributed by atoms with Crippen LogP contribution in [0.5, 0.6) is 0 Å². The first-order chi connectivity index (χ1) is 56.4. The highest BCUT2D eigenvalue weighted by Gasteiger charge is 2.58. The molecular weight excluding hydrogens is 1650 g/mol. The molecule has 1 amide bonds. The summed E-state index contributed by atoms with van der Waals surface area (Å²) in [5.41, 5.74) is -1.87. The second-order valence-corrected chi connectivity index (χ2v) is 36.4. The number of carbonyl (C=O) groups excluding carboxylic acids is 3. The minimum atomic E-state index is -6.98. The molecule has 10 rings (SSSR count). The van der Waals surface area contributed by atoms with Crippen LogP contribution in [0.3, 0.4) is 0 Å². The maximum absolute atomic E-state index is 14.1. The van der Waals surface area contributed by atoms with Crippen molar-refractivity contribution in [3.05, 3.63) is 161 Å². The number of fused-ring (bicyclic) bond motifs is 1. The molecule has 4 fully saturated rings. The van der Waals surface area contributed by atoms with Crippen molar-refractivity contribution in [1.82, 2.24) is 23.9 Å². The number of para-hydroxylation sites is 1. The molecule has 120 heavy (non-hydrogen) atoms. The van der Waals surface area contributed by atoms with Crippen molar-refractivity contribution in [2.45, 2.75) is 188 Å². The highest BCUT2D eigenvalue weighted by molar-refractivity contribution is 8.18. The lowest BCUT2D eigenvalue weighted by molar-refractivity contribution is -0.144. The number of aliphatic hydroxyl groups excluding tert-OH is 3. The Kier molecular flexibility index (Phi) is 51.7. The fourth-order valence-electron chi connectivity index (χ4n) is 12.3. The van der Waals surface area contributed by atoms with E-state index in [1.165, 1.54) is 81.4 Å². The summed E-state index contributed by atoms with van der Waals surface area (Å²) < 4.78 is 165. The molecule has 0 spiro atoms. The van der Waals surface area contributed by atoms with E-state index >= 15 is 0 Å². The van der Waals surface area contributed by atoms with Gasteiger partial charge in [0.2, 0.25) is 0 Å². The van der Waals surface area contributed by atoms with Gasteiger partial charge in [-0.15, -0.1) is 0 Å². The number of unbranched alkanes of at least 4 members (excludes halogenated alkanes) is 8. The Morgan fingerprint density at radius 3 is 1.57 bits per heavy atom. The number of rotatable bonds is 39. The Labute approximate surface area is 712 Å². The molecule has 5 aromatic carbocycles. The van der Waals surface area contributed by atoms with Gasteiger partial charge < -0.3 is 57.5 Å². The smallest absolute Gasteiger partial charge is 0.464 e. The number of aliphatic imine (C=N–C) groups is 1. The van der Waals surface area contributed by atoms with Crippen molar-refractivity contribution in [2.24, 2.45) is 4.99 Å². The van der Waals surface area contributed by atoms with Crippen LogP contribution in [0.1, 0.15) is 150 Å². The molecule has 26 nitrogen and oxygen atoms in total. The number of methoxy groups -OCH3 is 1. The van der Waals surface area contributed by atoms with Crippen LogP contribution in [0.15, 0.2) is 165 Å². The predicted octanol–water partition coefficient (Wildman–Crippen LogP) is 13.7. The lowest BCUT2D eigenvalue weighted by Gasteiger charge is -2.37. The molecule has 5 aromatic rings. The average Bonchev–Trinajstić information content (AvgIpc) is 0.798. The molecule has 0 aromatic heterocycles. The van der Waals surface area contributed by atoms with E-state index < -0.39 is 70.9 Å². The number of carbonyl (C=O) groups is 3. The molecular formula is C85H130F5N7O19S4. The zero-order valence-corrected chi connectivity index (χ0v) is 71.9. The molecule has 5 aliphatic heterocycles. The van der Waals surface area contributed by atoms with Gasteiger partial charge in [-0.05, 0) is 99.5 Å². The number of hydrogen-bond donors (Lipinski definition) is 3. The molecule has 5 aliphatic rings. The molecule has 1 unspecified atom stereocenters. The third-order valence-electron chi connectivity index (χ3n) is 19.3. The van der Waals surface area contributed by atoms with Crippen molar-refractivity contribution in [3.8, 4) is 0 Å². The zero-order chi connectivity index (χ0) is 86.3. The molecule has 1 atom stereocenters. The third kappa shape index (κ3) is 38.6. The van der Waals surface area contributed by atoms with Crippen LogP contribution in [0.4, 0.5) is 32.4 Å². The molecule has 35 heteroatoms. The highest BCUT2D eigenvalue weighted by atomic mass is 32.3. The Morgan fingerprint density at radius 1 is 0.600 bits per heavy atom. The predicted molar refractivity (Wildman–Crippen MR) is 458 cm³/mol. The first kappa shape index (κ1) is 108. The number of morpholine rings is 1. The summed E-state index contributed by atoms with van der Waals surface area (Å²) >= 11 is 0. The van der Waals surface area contributed by atoms with Crippen LogP contribution < -0.4 is 0 Å². The van der Waals surface area contributed by atoms with Gasteiger partial charge in [-0.25, -0.2) is 30.0 Å². The maximum Gasteiger partial charge on any atom is 0.480 e. The number of halogens is 5. The van der Waals surface area contributed by atoms with Crippen molar-refractivity contribution in [3.63, 3.8) is 0 Å². The molecule has 678 valence electrons. The standard InChI is InChI=1S/C18H35NO3.C18H15S.C14H11N.C12H27NO5.C11H21NO3.C10H13F5N3O8S3.2CH4/c1-2-3-4-5-6-7-8-9-10-11-18(20)22-17-14-19-12-15-21-16-13-19;1-4-10-16(11-5-1)19(17-12-6-2-7-13-17)18-14-8-3-9-15-18;1-2-6-11(7-3-1)14-10-12-8-4-5-9-13(12)15-14;1-16-8-2-3-13(4-9-17-11-6-14)5-10-18-12-7-15;1-4-11(2,3)15-10(14)12-7-5-9(13)6-8-12;11-9(12,13)27(20,21)16-28(22,23)10(14,15)29(24,25)18-4-2-17(3-5-18)7-1-6-26-8(7)19;;/h2-17H2,1H3;1-15H;1-9H,10H2;14-15H,2-12H2,1H3;9,13H,4-8H2,1-3H3;7H,1-6H2;2*1H4/q;+1;;;;-1;;. The van der Waals surface area contributed by atoms with Gasteiger partial charge in [0.1, 0.15) is 18.2 Å². The van der Waals surface area contributed by atoms with Gasteiger partial charge in [0.15, 0.2) is 34.7 Å². The minimum absolute atomic E-state index is 0. The normalized spacial score (nSPS) is 16.1. The van der Waals surface area contributed by atoms with Crippen LogP contribution in [-0.4, -0.2) is 274 Å². The summed E-state index contributed by atoms with van der Waals surface area (Å²) in [6.07, 6.45) is 15.9. The minimum Gasteiger partial charge on any atom is -0.464 e. The summed E-state index contributed by atoms with van der Waals surface area (Å²) in [7, 11) is -18.4. The number of likely N-dealkylation sites (tertiary alicyclic amines) is 1. The lowest BCUT2D eigenvalue weighted by atomic mass is 10.0. The summed E-state index contributed by atoms with van der Waals surface area (Å²) in [4.78, 5) is 51.1. The van der Waals surface area contributed by atoms with Gasteiger partial charge in [-0.1, -0.05) is 183 Å². The van der Waals surface area contributed by atoms with Crippen LogP contribution in [0.25, 0.3) is 4.13 Å². The van der Waals surface area contributed by atoms with Crippen molar-refractivity contribution in [1.29, 1.82) is 0 Å². The Balaban J connectivity index is 0.000000376. The zero-order valence-electron chi connectivity index (χ0n) is 68.6. The number of hydrogen-bond acceptors (Lipinski definition) is 23. The number of sulfonamides is 3. The number of benzene rings is 5. The summed E-state index contributed by atoms with van der Waals surface area (Å²) in [6.45, 7) is 17.6. The van der Waals surface area contributed by atoms with Crippen molar-refractivity contribution < 1.29 is 110 Å². The second kappa shape index (κ2) is 57.7. The topological polar surface area (TPSA) is 322 Å². The fraction of sp³-hybridized carbons (Fsp3) is 0.600. The van der Waals surface area contributed by atoms with Crippen LogP contribution in [0.2, 0.25) is 0 Å². The highest BCUT2D eigenvalue weighted by Crippen LogP contribution is 2.41. The number of nitrogens with zero attached hydrogens (tertiary/aromatic N) is 7. The largest absolute Gasteiger partial charge is 0.480 e. The average molecular weight is 1780 g/mol. The van der Waals surface area contributed by atoms with E-state index in [-0.39, 0.29) is 87.6 Å². The molecule has 0 saturated carbocycles. The first-order valence-corrected chi connectivity index (χ1v) is 45.9. The molecule has 3 N–H and O–H groups in total. The van der Waals surface area contributed by atoms with Gasteiger partial charge in [0.25, 0.3) is 10.0 Å². The van der Waals surface area contributed by atoms with Crippen LogP contribution in [-0.2, 0) is 90.1 Å². The molecule has 0 radical (unpaired) electrons. The molecule has 0 bridgehead atoms. The van der Waals surface area contributed by atoms with Gasteiger partial charge in [-0.3, -0.25) is 29.3 Å². The molecule has 4 saturated heterocycles. The number of piperazine rings is 1. The van der Waals surface area contributed by atoms with E-state index in [4.69, 9.17) is 43.4 Å². The number of aliphatic hydroxyl groups is 3. The fourth-order valence-corrected chi connectivity index (χ4v) is 18.7. The Bertz CT molecular complexity index is 3900. The van der Waals surface area contributed by atoms with E-state index in [9.17, 15) is 66.7 Å². The van der Waals surface area contributed by atoms with E-state index in [2.05, 4.69) is 155 Å². The van der Waals surface area contributed by atoms with Gasteiger partial charge in [0, 0.05) is 112 Å². The van der Waals surface area contributed by atoms with Gasteiger partial charge in [0.05, 0.1) is 87.9 Å². The Hall–Kier alpha value is -6.65. The lowest BCUT2D eigenvalue weighted by Crippen LogP contribution is -2.57. The van der Waals surface area contributed by atoms with E-state index in [0.29, 0.717) is 65.4 Å². The monoisotopic (exact) mass is 1780 g/mol. The molecule has 0 aliphatic carbocycles. The number of cyclic esters (lactones) is 1. The van der Waals surface area contributed by atoms with E-state index in [1.54, 1.807) is 12.0 Å². The molecule has 5 heterocycles. The van der Waals surface area contributed by atoms with Crippen molar-refractivity contribution >= 4 is 70.4 Å². The van der Waals surface area contributed by atoms with E-state index in [0.717, 1.165) is 101 Å². The van der Waals surface area contributed by atoms with E-state index in [1.807, 2.05) is 32.9 Å². The summed E-state index contributed by atoms with van der Waals surface area (Å²) in [5, 5.41) is 26.5. The van der Waals surface area contributed by atoms with Crippen LogP contribution in [0, 0.1) is 0 Å². The third-order valence-corrected chi connectivity index (χ3v) is 27.2. The Morgan fingerprint density at radius 2 is 1.10 bits per heavy atom. The SMILES string of the molecule is C.C.CCC(C)(C)OC(=O)N1CCC(O)CC1.CCCCCCCCCCCC(=O)OCCN1CCOCC1.COCCCN(CCOCCO)CCOCCO.O=C1OCCC1N1CCN(S(=O)(=O)C(F)(F)S(=O)(=O)[N-]S(=O)(=O)C(F)(F)F)CC1.c1ccc(C2=Nc3ccccc3C2)cc1.c1ccc([S+](c2ccccc2)c2ccccc2)cc1. The van der Waals surface area contributed by atoms with Crippen LogP contribution >= 0.6 is 0 Å². The summed E-state index contributed by atoms with van der Waals surface area (Å²) in [6, 6.07) is 50.1. The summed E-state index contributed by atoms with van der Waals surface area (Å²) in [5.74, 6) is -0.637. The second-order valence-electron chi connectivity index (χ2n) is 28.6.